The van der Waals surface area contributed by atoms with Crippen LogP contribution in [0, 0.1) is 13.8 Å². The van der Waals surface area contributed by atoms with E-state index in [0.717, 1.165) is 22.5 Å². The van der Waals surface area contributed by atoms with Gasteiger partial charge < -0.3 is 9.52 Å². The SMILES string of the molecule is Cc1cccc(-c2cc(C)c(CC(=O)O)o2)c1. The quantitative estimate of drug-likeness (QED) is 0.880. The van der Waals surface area contributed by atoms with Crippen LogP contribution < -0.4 is 0 Å². The lowest BCUT2D eigenvalue weighted by molar-refractivity contribution is -0.136. The summed E-state index contributed by atoms with van der Waals surface area (Å²) in [6, 6.07) is 9.82. The molecule has 1 N–H and O–H groups in total. The predicted octanol–water partition coefficient (Wildman–Crippen LogP) is 3.19. The van der Waals surface area contributed by atoms with Crippen LogP contribution in [0.2, 0.25) is 0 Å². The van der Waals surface area contributed by atoms with E-state index in [9.17, 15) is 4.79 Å². The first kappa shape index (κ1) is 11.5. The highest BCUT2D eigenvalue weighted by Gasteiger charge is 2.12. The van der Waals surface area contributed by atoms with Gasteiger partial charge in [-0.15, -0.1) is 0 Å². The highest BCUT2D eigenvalue weighted by molar-refractivity contribution is 5.70. The lowest BCUT2D eigenvalue weighted by atomic mass is 10.1. The standard InChI is InChI=1S/C14H14O3/c1-9-4-3-5-11(6-9)13-7-10(2)12(17-13)8-14(15)16/h3-7H,8H2,1-2H3,(H,15,16). The molecule has 0 saturated heterocycles. The first-order valence-corrected chi connectivity index (χ1v) is 5.44. The molecule has 0 bridgehead atoms. The largest absolute Gasteiger partial charge is 0.481 e. The maximum Gasteiger partial charge on any atom is 0.311 e. The zero-order valence-corrected chi connectivity index (χ0v) is 9.86. The summed E-state index contributed by atoms with van der Waals surface area (Å²) < 4.78 is 5.59. The Balaban J connectivity index is 2.37. The Bertz CT molecular complexity index is 552. The third-order valence-corrected chi connectivity index (χ3v) is 2.63. The van der Waals surface area contributed by atoms with Gasteiger partial charge in [-0.3, -0.25) is 4.79 Å². The molecule has 1 aromatic carbocycles. The number of carboxylic acids is 1. The number of hydrogen-bond donors (Lipinski definition) is 1. The second-order valence-corrected chi connectivity index (χ2v) is 4.16. The van der Waals surface area contributed by atoms with Gasteiger partial charge in [0.2, 0.25) is 0 Å². The number of furan rings is 1. The van der Waals surface area contributed by atoms with Crippen molar-refractivity contribution in [3.8, 4) is 11.3 Å². The van der Waals surface area contributed by atoms with Gasteiger partial charge in [0, 0.05) is 5.56 Å². The average molecular weight is 230 g/mol. The summed E-state index contributed by atoms with van der Waals surface area (Å²) in [4.78, 5) is 10.7. The van der Waals surface area contributed by atoms with Crippen LogP contribution in [0.5, 0.6) is 0 Å². The first-order chi connectivity index (χ1) is 8.06. The summed E-state index contributed by atoms with van der Waals surface area (Å²) in [6.45, 7) is 3.87. The molecule has 0 amide bonds. The highest BCUT2D eigenvalue weighted by Crippen LogP contribution is 2.26. The molecule has 0 radical (unpaired) electrons. The Labute approximate surface area is 99.7 Å². The summed E-state index contributed by atoms with van der Waals surface area (Å²) >= 11 is 0. The van der Waals surface area contributed by atoms with E-state index < -0.39 is 5.97 Å². The summed E-state index contributed by atoms with van der Waals surface area (Å²) in [6.07, 6.45) is -0.0718. The zero-order chi connectivity index (χ0) is 12.4. The molecule has 0 aliphatic rings. The van der Waals surface area contributed by atoms with Crippen LogP contribution in [-0.4, -0.2) is 11.1 Å². The van der Waals surface area contributed by atoms with Crippen LogP contribution in [0.25, 0.3) is 11.3 Å². The molecule has 0 aliphatic carbocycles. The fourth-order valence-electron chi connectivity index (χ4n) is 1.77. The van der Waals surface area contributed by atoms with Gasteiger partial charge in [-0.05, 0) is 31.5 Å². The second-order valence-electron chi connectivity index (χ2n) is 4.16. The minimum atomic E-state index is -0.877. The van der Waals surface area contributed by atoms with Crippen molar-refractivity contribution in [1.29, 1.82) is 0 Å². The molecule has 3 nitrogen and oxygen atoms in total. The van der Waals surface area contributed by atoms with Crippen molar-refractivity contribution >= 4 is 5.97 Å². The monoisotopic (exact) mass is 230 g/mol. The van der Waals surface area contributed by atoms with E-state index in [1.165, 1.54) is 0 Å². The molecule has 2 aromatic rings. The Morgan fingerprint density at radius 1 is 1.29 bits per heavy atom. The van der Waals surface area contributed by atoms with Crippen molar-refractivity contribution in [1.82, 2.24) is 0 Å². The van der Waals surface area contributed by atoms with Gasteiger partial charge in [0.05, 0.1) is 0 Å². The fourth-order valence-corrected chi connectivity index (χ4v) is 1.77. The minimum Gasteiger partial charge on any atom is -0.481 e. The van der Waals surface area contributed by atoms with Crippen LogP contribution >= 0.6 is 0 Å². The van der Waals surface area contributed by atoms with Gasteiger partial charge in [-0.2, -0.15) is 0 Å². The summed E-state index contributed by atoms with van der Waals surface area (Å²) in [5, 5.41) is 8.76. The van der Waals surface area contributed by atoms with E-state index in [1.807, 2.05) is 44.2 Å². The van der Waals surface area contributed by atoms with Crippen molar-refractivity contribution in [2.24, 2.45) is 0 Å². The topological polar surface area (TPSA) is 50.4 Å². The zero-order valence-electron chi connectivity index (χ0n) is 9.86. The van der Waals surface area contributed by atoms with Crippen LogP contribution in [0.15, 0.2) is 34.7 Å². The third-order valence-electron chi connectivity index (χ3n) is 2.63. The average Bonchev–Trinajstić information content (AvgIpc) is 2.59. The maximum atomic E-state index is 10.7. The van der Waals surface area contributed by atoms with E-state index >= 15 is 0 Å². The van der Waals surface area contributed by atoms with Crippen molar-refractivity contribution in [2.75, 3.05) is 0 Å². The molecule has 88 valence electrons. The number of carbonyl (C=O) groups is 1. The van der Waals surface area contributed by atoms with Crippen molar-refractivity contribution in [3.63, 3.8) is 0 Å². The van der Waals surface area contributed by atoms with E-state index in [-0.39, 0.29) is 6.42 Å². The van der Waals surface area contributed by atoms with Crippen LogP contribution in [0.1, 0.15) is 16.9 Å². The number of aryl methyl sites for hydroxylation is 2. The third kappa shape index (κ3) is 2.56. The summed E-state index contributed by atoms with van der Waals surface area (Å²) in [7, 11) is 0. The van der Waals surface area contributed by atoms with Crippen molar-refractivity contribution in [3.05, 3.63) is 47.2 Å². The second kappa shape index (κ2) is 4.45. The van der Waals surface area contributed by atoms with E-state index in [4.69, 9.17) is 9.52 Å². The molecule has 0 fully saturated rings. The van der Waals surface area contributed by atoms with Gasteiger partial charge >= 0.3 is 5.97 Å². The van der Waals surface area contributed by atoms with Gasteiger partial charge in [-0.25, -0.2) is 0 Å². The van der Waals surface area contributed by atoms with Gasteiger partial charge in [0.15, 0.2) is 0 Å². The first-order valence-electron chi connectivity index (χ1n) is 5.44. The number of carboxylic acid groups (broad SMARTS) is 1. The molecule has 0 aliphatic heterocycles. The predicted molar refractivity (Wildman–Crippen MR) is 65.0 cm³/mol. The normalized spacial score (nSPS) is 10.5. The van der Waals surface area contributed by atoms with Gasteiger partial charge in [-0.1, -0.05) is 23.8 Å². The Morgan fingerprint density at radius 3 is 2.71 bits per heavy atom. The van der Waals surface area contributed by atoms with Crippen molar-refractivity contribution in [2.45, 2.75) is 20.3 Å². The molecule has 17 heavy (non-hydrogen) atoms. The molecule has 1 aromatic heterocycles. The summed E-state index contributed by atoms with van der Waals surface area (Å²) in [5.41, 5.74) is 3.00. The molecule has 0 unspecified atom stereocenters. The van der Waals surface area contributed by atoms with E-state index in [1.54, 1.807) is 0 Å². The highest BCUT2D eigenvalue weighted by atomic mass is 16.4. The molecule has 0 saturated carbocycles. The molecule has 1 heterocycles. The van der Waals surface area contributed by atoms with Gasteiger partial charge in [0.1, 0.15) is 17.9 Å². The van der Waals surface area contributed by atoms with Gasteiger partial charge in [0.25, 0.3) is 0 Å². The van der Waals surface area contributed by atoms with E-state index in [0.29, 0.717) is 5.76 Å². The lowest BCUT2D eigenvalue weighted by Crippen LogP contribution is -1.99. The number of hydrogen-bond acceptors (Lipinski definition) is 2. The van der Waals surface area contributed by atoms with E-state index in [2.05, 4.69) is 0 Å². The smallest absolute Gasteiger partial charge is 0.311 e. The minimum absolute atomic E-state index is 0.0718. The molecule has 2 rings (SSSR count). The molecular formula is C14H14O3. The number of benzene rings is 1. The van der Waals surface area contributed by atoms with Crippen LogP contribution in [0.4, 0.5) is 0 Å². The van der Waals surface area contributed by atoms with Crippen LogP contribution in [-0.2, 0) is 11.2 Å². The Morgan fingerprint density at radius 2 is 2.06 bits per heavy atom. The molecule has 0 atom stereocenters. The lowest BCUT2D eigenvalue weighted by Gasteiger charge is -1.98. The molecular weight excluding hydrogens is 216 g/mol. The molecule has 3 heteroatoms. The number of rotatable bonds is 3. The number of aliphatic carboxylic acids is 1. The molecule has 0 spiro atoms. The van der Waals surface area contributed by atoms with Crippen molar-refractivity contribution < 1.29 is 14.3 Å². The maximum absolute atomic E-state index is 10.7. The summed E-state index contributed by atoms with van der Waals surface area (Å²) in [5.74, 6) is 0.370. The Kier molecular flexibility index (Phi) is 3.00. The fraction of sp³-hybridized carbons (Fsp3) is 0.214. The Hall–Kier alpha value is -2.03. The van der Waals surface area contributed by atoms with Crippen LogP contribution in [0.3, 0.4) is 0 Å².